The lowest BCUT2D eigenvalue weighted by molar-refractivity contribution is 0.0927. The fraction of sp³-hybridized carbons (Fsp3) is 0.350. The number of imidazole rings is 1. The van der Waals surface area contributed by atoms with Gasteiger partial charge in [0.1, 0.15) is 30.0 Å². The predicted octanol–water partition coefficient (Wildman–Crippen LogP) is 3.44. The van der Waals surface area contributed by atoms with Gasteiger partial charge in [0, 0.05) is 6.42 Å². The van der Waals surface area contributed by atoms with Crippen molar-refractivity contribution in [3.63, 3.8) is 0 Å². The first-order valence-electron chi connectivity index (χ1n) is 8.60. The summed E-state index contributed by atoms with van der Waals surface area (Å²) in [4.78, 5) is 4.69. The van der Waals surface area contributed by atoms with E-state index in [0.717, 1.165) is 35.4 Å². The number of nitrogens with zero attached hydrogens (tertiary/aromatic N) is 2. The van der Waals surface area contributed by atoms with Crippen LogP contribution in [0.3, 0.4) is 0 Å². The topological polar surface area (TPSA) is 56.5 Å². The molecule has 132 valence electrons. The van der Waals surface area contributed by atoms with Crippen molar-refractivity contribution in [3.8, 4) is 11.5 Å². The Morgan fingerprint density at radius 1 is 1.08 bits per heavy atom. The Balaban J connectivity index is 1.68. The minimum atomic E-state index is -0.615. The lowest BCUT2D eigenvalue weighted by Gasteiger charge is -2.15. The Morgan fingerprint density at radius 3 is 2.52 bits per heavy atom. The molecule has 0 aliphatic carbocycles. The predicted molar refractivity (Wildman–Crippen MR) is 98.2 cm³/mol. The molecule has 0 saturated heterocycles. The number of benzene rings is 2. The summed E-state index contributed by atoms with van der Waals surface area (Å²) in [5.41, 5.74) is 2.02. The number of aryl methyl sites for hydroxylation is 1. The highest BCUT2D eigenvalue weighted by molar-refractivity contribution is 5.75. The van der Waals surface area contributed by atoms with Gasteiger partial charge in [0.25, 0.3) is 0 Å². The summed E-state index contributed by atoms with van der Waals surface area (Å²) in [5.74, 6) is 2.50. The number of ether oxygens (including phenoxy) is 2. The molecule has 0 bridgehead atoms. The Labute approximate surface area is 147 Å². The molecule has 5 heteroatoms. The fourth-order valence-electron chi connectivity index (χ4n) is 2.87. The third-order valence-electron chi connectivity index (χ3n) is 4.10. The molecule has 3 rings (SSSR count). The highest BCUT2D eigenvalue weighted by Gasteiger charge is 2.14. The molecule has 1 aromatic heterocycles. The standard InChI is InChI=1S/C20H24N2O3/c1-3-6-20-21-18-7-4-5-8-19(18)22(20)13-15(23)14-25-17-11-9-16(24-2)10-12-17/h4-5,7-12,15,23H,3,6,13-14H2,1-2H3. The van der Waals surface area contributed by atoms with Crippen LogP contribution in [0.4, 0.5) is 0 Å². The molecule has 25 heavy (non-hydrogen) atoms. The molecular weight excluding hydrogens is 316 g/mol. The minimum absolute atomic E-state index is 0.227. The molecule has 0 saturated carbocycles. The summed E-state index contributed by atoms with van der Waals surface area (Å²) in [5, 5.41) is 10.4. The molecule has 0 aliphatic rings. The normalized spacial score (nSPS) is 12.3. The Hall–Kier alpha value is -2.53. The van der Waals surface area contributed by atoms with Crippen LogP contribution in [0.25, 0.3) is 11.0 Å². The van der Waals surface area contributed by atoms with Crippen LogP contribution in [-0.4, -0.2) is 34.5 Å². The van der Waals surface area contributed by atoms with Gasteiger partial charge in [-0.25, -0.2) is 4.98 Å². The second kappa shape index (κ2) is 8.03. The molecule has 2 aromatic carbocycles. The zero-order valence-electron chi connectivity index (χ0n) is 14.7. The number of rotatable bonds is 8. The van der Waals surface area contributed by atoms with Gasteiger partial charge in [0.05, 0.1) is 24.7 Å². The van der Waals surface area contributed by atoms with E-state index in [9.17, 15) is 5.11 Å². The summed E-state index contributed by atoms with van der Waals surface area (Å²) in [6.07, 6.45) is 1.29. The van der Waals surface area contributed by atoms with Crippen molar-refractivity contribution >= 4 is 11.0 Å². The molecule has 0 fully saturated rings. The first-order chi connectivity index (χ1) is 12.2. The first-order valence-corrected chi connectivity index (χ1v) is 8.60. The van der Waals surface area contributed by atoms with Crippen LogP contribution in [0.2, 0.25) is 0 Å². The second-order valence-electron chi connectivity index (χ2n) is 6.02. The van der Waals surface area contributed by atoms with Crippen molar-refractivity contribution in [2.24, 2.45) is 0 Å². The summed E-state index contributed by atoms with van der Waals surface area (Å²) in [7, 11) is 1.63. The number of fused-ring (bicyclic) bond motifs is 1. The Bertz CT molecular complexity index is 811. The van der Waals surface area contributed by atoms with E-state index in [0.29, 0.717) is 12.3 Å². The van der Waals surface area contributed by atoms with Crippen LogP contribution < -0.4 is 9.47 Å². The highest BCUT2D eigenvalue weighted by Crippen LogP contribution is 2.19. The quantitative estimate of drug-likeness (QED) is 0.682. The molecule has 5 nitrogen and oxygen atoms in total. The van der Waals surface area contributed by atoms with Crippen molar-refractivity contribution in [1.29, 1.82) is 0 Å². The van der Waals surface area contributed by atoms with Crippen molar-refractivity contribution < 1.29 is 14.6 Å². The van der Waals surface area contributed by atoms with E-state index in [-0.39, 0.29) is 6.61 Å². The highest BCUT2D eigenvalue weighted by atomic mass is 16.5. The molecule has 1 unspecified atom stereocenters. The largest absolute Gasteiger partial charge is 0.497 e. The summed E-state index contributed by atoms with van der Waals surface area (Å²) < 4.78 is 12.9. The van der Waals surface area contributed by atoms with Crippen LogP contribution in [0.1, 0.15) is 19.2 Å². The number of aliphatic hydroxyl groups is 1. The van der Waals surface area contributed by atoms with E-state index in [1.807, 2.05) is 48.5 Å². The van der Waals surface area contributed by atoms with Gasteiger partial charge in [-0.05, 0) is 42.8 Å². The number of aromatic nitrogens is 2. The average Bonchev–Trinajstić information content (AvgIpc) is 2.98. The number of methoxy groups -OCH3 is 1. The van der Waals surface area contributed by atoms with Crippen molar-refractivity contribution in [3.05, 3.63) is 54.4 Å². The van der Waals surface area contributed by atoms with Gasteiger partial charge in [-0.15, -0.1) is 0 Å². The minimum Gasteiger partial charge on any atom is -0.497 e. The average molecular weight is 340 g/mol. The lowest BCUT2D eigenvalue weighted by atomic mass is 10.3. The van der Waals surface area contributed by atoms with Gasteiger partial charge in [0.2, 0.25) is 0 Å². The Morgan fingerprint density at radius 2 is 1.80 bits per heavy atom. The molecule has 0 amide bonds. The van der Waals surface area contributed by atoms with Crippen LogP contribution in [0.5, 0.6) is 11.5 Å². The summed E-state index contributed by atoms with van der Waals surface area (Å²) in [6, 6.07) is 15.4. The summed E-state index contributed by atoms with van der Waals surface area (Å²) in [6.45, 7) is 2.82. The first kappa shape index (κ1) is 17.3. The number of hydrogen-bond donors (Lipinski definition) is 1. The second-order valence-corrected chi connectivity index (χ2v) is 6.02. The lowest BCUT2D eigenvalue weighted by Crippen LogP contribution is -2.24. The molecule has 1 N–H and O–H groups in total. The van der Waals surface area contributed by atoms with Gasteiger partial charge >= 0.3 is 0 Å². The monoisotopic (exact) mass is 340 g/mol. The maximum atomic E-state index is 10.4. The van der Waals surface area contributed by atoms with Gasteiger partial charge in [-0.2, -0.15) is 0 Å². The summed E-state index contributed by atoms with van der Waals surface area (Å²) >= 11 is 0. The van der Waals surface area contributed by atoms with E-state index in [2.05, 4.69) is 16.5 Å². The molecule has 3 aromatic rings. The number of hydrogen-bond acceptors (Lipinski definition) is 4. The molecular formula is C20H24N2O3. The van der Waals surface area contributed by atoms with Crippen molar-refractivity contribution in [2.45, 2.75) is 32.4 Å². The maximum Gasteiger partial charge on any atom is 0.119 e. The van der Waals surface area contributed by atoms with Crippen LogP contribution >= 0.6 is 0 Å². The van der Waals surface area contributed by atoms with Crippen LogP contribution in [0, 0.1) is 0 Å². The molecule has 0 radical (unpaired) electrons. The smallest absolute Gasteiger partial charge is 0.119 e. The third kappa shape index (κ3) is 4.12. The SMILES string of the molecule is CCCc1nc2ccccc2n1CC(O)COc1ccc(OC)cc1. The number of para-hydroxylation sites is 2. The zero-order chi connectivity index (χ0) is 17.6. The molecule has 1 heterocycles. The fourth-order valence-corrected chi connectivity index (χ4v) is 2.87. The molecule has 1 atom stereocenters. The van der Waals surface area contributed by atoms with E-state index >= 15 is 0 Å². The van der Waals surface area contributed by atoms with E-state index in [1.165, 1.54) is 0 Å². The van der Waals surface area contributed by atoms with E-state index in [1.54, 1.807) is 7.11 Å². The van der Waals surface area contributed by atoms with E-state index in [4.69, 9.17) is 9.47 Å². The van der Waals surface area contributed by atoms with Crippen molar-refractivity contribution in [1.82, 2.24) is 9.55 Å². The number of aliphatic hydroxyl groups excluding tert-OH is 1. The van der Waals surface area contributed by atoms with Gasteiger partial charge in [-0.3, -0.25) is 0 Å². The van der Waals surface area contributed by atoms with Crippen LogP contribution in [0.15, 0.2) is 48.5 Å². The maximum absolute atomic E-state index is 10.4. The van der Waals surface area contributed by atoms with Gasteiger partial charge in [0.15, 0.2) is 0 Å². The molecule has 0 aliphatic heterocycles. The van der Waals surface area contributed by atoms with Gasteiger partial charge in [-0.1, -0.05) is 19.1 Å². The molecule has 0 spiro atoms. The zero-order valence-corrected chi connectivity index (χ0v) is 14.7. The third-order valence-corrected chi connectivity index (χ3v) is 4.10. The van der Waals surface area contributed by atoms with Gasteiger partial charge < -0.3 is 19.1 Å². The van der Waals surface area contributed by atoms with E-state index < -0.39 is 6.10 Å². The van der Waals surface area contributed by atoms with Crippen LogP contribution in [-0.2, 0) is 13.0 Å². The Kier molecular flexibility index (Phi) is 5.56. The van der Waals surface area contributed by atoms with Crippen molar-refractivity contribution in [2.75, 3.05) is 13.7 Å².